The van der Waals surface area contributed by atoms with Crippen LogP contribution >= 0.6 is 11.6 Å². The summed E-state index contributed by atoms with van der Waals surface area (Å²) in [6.45, 7) is 0.0801. The predicted octanol–water partition coefficient (Wildman–Crippen LogP) is 2.47. The van der Waals surface area contributed by atoms with E-state index >= 15 is 0 Å². The van der Waals surface area contributed by atoms with Crippen molar-refractivity contribution in [1.29, 1.82) is 0 Å². The number of hydrogen-bond acceptors (Lipinski definition) is 2. The van der Waals surface area contributed by atoms with Crippen LogP contribution in [0.2, 0.25) is 5.02 Å². The zero-order valence-corrected chi connectivity index (χ0v) is 10.1. The van der Waals surface area contributed by atoms with E-state index in [0.717, 1.165) is 17.9 Å². The van der Waals surface area contributed by atoms with Gasteiger partial charge < -0.3 is 10.8 Å². The summed E-state index contributed by atoms with van der Waals surface area (Å²) in [6.07, 6.45) is 4.41. The maximum Gasteiger partial charge on any atom is 0.0582 e. The molecule has 88 valence electrons. The van der Waals surface area contributed by atoms with Crippen LogP contribution in [0.5, 0.6) is 0 Å². The highest BCUT2D eigenvalue weighted by molar-refractivity contribution is 6.30. The quantitative estimate of drug-likeness (QED) is 0.829. The van der Waals surface area contributed by atoms with Crippen molar-refractivity contribution in [1.82, 2.24) is 0 Å². The highest BCUT2D eigenvalue weighted by Gasteiger charge is 2.43. The minimum absolute atomic E-state index is 0.0789. The monoisotopic (exact) mass is 239 g/mol. The molecule has 0 amide bonds. The number of benzene rings is 1. The van der Waals surface area contributed by atoms with Gasteiger partial charge in [0.2, 0.25) is 0 Å². The average molecular weight is 240 g/mol. The molecule has 1 saturated carbocycles. The number of aliphatic hydroxyl groups is 1. The predicted molar refractivity (Wildman–Crippen MR) is 66.7 cm³/mol. The largest absolute Gasteiger partial charge is 0.395 e. The number of aliphatic hydroxyl groups excluding tert-OH is 1. The van der Waals surface area contributed by atoms with Crippen molar-refractivity contribution in [3.8, 4) is 0 Å². The van der Waals surface area contributed by atoms with E-state index in [2.05, 4.69) is 12.1 Å². The van der Waals surface area contributed by atoms with Crippen LogP contribution in [0, 0.1) is 0 Å². The van der Waals surface area contributed by atoms with Gasteiger partial charge in [0.1, 0.15) is 0 Å². The van der Waals surface area contributed by atoms with E-state index in [9.17, 15) is 0 Å². The van der Waals surface area contributed by atoms with Crippen LogP contribution in [0.15, 0.2) is 24.3 Å². The third kappa shape index (κ3) is 2.57. The zero-order valence-electron chi connectivity index (χ0n) is 9.32. The van der Waals surface area contributed by atoms with Crippen molar-refractivity contribution in [2.75, 3.05) is 6.61 Å². The number of nitrogens with two attached hydrogens (primary N) is 1. The average Bonchev–Trinajstić information content (AvgIpc) is 3.08. The van der Waals surface area contributed by atoms with Gasteiger partial charge in [-0.15, -0.1) is 0 Å². The minimum atomic E-state index is -0.0789. The molecule has 0 bridgehead atoms. The van der Waals surface area contributed by atoms with Gasteiger partial charge in [-0.05, 0) is 48.8 Å². The molecule has 1 aromatic rings. The molecule has 0 aromatic heterocycles. The summed E-state index contributed by atoms with van der Waals surface area (Å²) in [6, 6.07) is 8.04. The Bertz CT molecular complexity index is 345. The summed E-state index contributed by atoms with van der Waals surface area (Å²) >= 11 is 5.88. The summed E-state index contributed by atoms with van der Waals surface area (Å²) in [5.74, 6) is 0. The van der Waals surface area contributed by atoms with Crippen molar-refractivity contribution < 1.29 is 5.11 Å². The normalized spacial score (nSPS) is 19.4. The molecule has 0 saturated heterocycles. The van der Waals surface area contributed by atoms with E-state index in [1.807, 2.05) is 12.1 Å². The van der Waals surface area contributed by atoms with E-state index in [1.54, 1.807) is 0 Å². The van der Waals surface area contributed by atoms with Crippen molar-refractivity contribution in [2.45, 2.75) is 37.1 Å². The lowest BCUT2D eigenvalue weighted by Gasteiger charge is -2.17. The van der Waals surface area contributed by atoms with E-state index in [1.165, 1.54) is 18.4 Å². The van der Waals surface area contributed by atoms with Crippen LogP contribution in [0.1, 0.15) is 31.2 Å². The lowest BCUT2D eigenvalue weighted by atomic mass is 9.89. The molecule has 0 spiro atoms. The second kappa shape index (κ2) is 4.74. The van der Waals surface area contributed by atoms with Gasteiger partial charge in [-0.25, -0.2) is 0 Å². The van der Waals surface area contributed by atoms with Gasteiger partial charge >= 0.3 is 0 Å². The molecular weight excluding hydrogens is 222 g/mol. The molecule has 3 heteroatoms. The van der Waals surface area contributed by atoms with Crippen molar-refractivity contribution in [3.63, 3.8) is 0 Å². The second-order valence-electron chi connectivity index (χ2n) is 4.77. The highest BCUT2D eigenvalue weighted by atomic mass is 35.5. The maximum atomic E-state index is 8.92. The third-order valence-electron chi connectivity index (χ3n) is 3.54. The van der Waals surface area contributed by atoms with Crippen LogP contribution in [-0.2, 0) is 5.41 Å². The first kappa shape index (κ1) is 11.9. The maximum absolute atomic E-state index is 8.92. The first-order valence-electron chi connectivity index (χ1n) is 5.79. The number of hydrogen-bond donors (Lipinski definition) is 2. The molecule has 0 aliphatic heterocycles. The summed E-state index contributed by atoms with van der Waals surface area (Å²) in [4.78, 5) is 0. The Kier molecular flexibility index (Phi) is 3.53. The smallest absolute Gasteiger partial charge is 0.0582 e. The molecule has 1 aromatic carbocycles. The first-order chi connectivity index (χ1) is 7.66. The van der Waals surface area contributed by atoms with Crippen molar-refractivity contribution >= 4 is 11.6 Å². The van der Waals surface area contributed by atoms with Gasteiger partial charge in [-0.3, -0.25) is 0 Å². The Morgan fingerprint density at radius 1 is 1.31 bits per heavy atom. The van der Waals surface area contributed by atoms with E-state index in [-0.39, 0.29) is 12.6 Å². The summed E-state index contributed by atoms with van der Waals surface area (Å²) in [7, 11) is 0. The van der Waals surface area contributed by atoms with E-state index < -0.39 is 0 Å². The molecule has 16 heavy (non-hydrogen) atoms. The Hall–Kier alpha value is -0.570. The first-order valence-corrected chi connectivity index (χ1v) is 6.17. The fourth-order valence-corrected chi connectivity index (χ4v) is 2.32. The summed E-state index contributed by atoms with van der Waals surface area (Å²) in [5.41, 5.74) is 7.42. The summed E-state index contributed by atoms with van der Waals surface area (Å²) < 4.78 is 0. The fraction of sp³-hybridized carbons (Fsp3) is 0.538. The number of halogens is 1. The molecule has 0 radical (unpaired) electrons. The molecular formula is C13H18ClNO. The fourth-order valence-electron chi connectivity index (χ4n) is 2.19. The molecule has 3 N–H and O–H groups in total. The molecule has 0 unspecified atom stereocenters. The molecule has 2 nitrogen and oxygen atoms in total. The Balaban J connectivity index is 2.00. The van der Waals surface area contributed by atoms with E-state index in [0.29, 0.717) is 5.41 Å². The van der Waals surface area contributed by atoms with Crippen LogP contribution < -0.4 is 5.73 Å². The SMILES string of the molecule is N[C@H](CO)CCC1(c2ccc(Cl)cc2)CC1. The summed E-state index contributed by atoms with van der Waals surface area (Å²) in [5, 5.41) is 9.70. The molecule has 1 fully saturated rings. The van der Waals surface area contributed by atoms with Gasteiger partial charge in [-0.1, -0.05) is 23.7 Å². The zero-order chi connectivity index (χ0) is 11.6. The number of rotatable bonds is 5. The Morgan fingerprint density at radius 3 is 2.44 bits per heavy atom. The van der Waals surface area contributed by atoms with E-state index in [4.69, 9.17) is 22.4 Å². The van der Waals surface area contributed by atoms with Crippen molar-refractivity contribution in [3.05, 3.63) is 34.9 Å². The molecule has 1 aliphatic rings. The lowest BCUT2D eigenvalue weighted by molar-refractivity contribution is 0.255. The third-order valence-corrected chi connectivity index (χ3v) is 3.79. The van der Waals surface area contributed by atoms with Gasteiger partial charge in [0.15, 0.2) is 0 Å². The van der Waals surface area contributed by atoms with Crippen LogP contribution in [0.3, 0.4) is 0 Å². The van der Waals surface area contributed by atoms with Crippen LogP contribution in [-0.4, -0.2) is 17.8 Å². The van der Waals surface area contributed by atoms with Gasteiger partial charge in [0.25, 0.3) is 0 Å². The molecule has 0 heterocycles. The molecule has 2 rings (SSSR count). The topological polar surface area (TPSA) is 46.2 Å². The van der Waals surface area contributed by atoms with Crippen LogP contribution in [0.25, 0.3) is 0 Å². The lowest BCUT2D eigenvalue weighted by Crippen LogP contribution is -2.25. The molecule has 1 aliphatic carbocycles. The standard InChI is InChI=1S/C13H18ClNO/c14-11-3-1-10(2-4-11)13(7-8-13)6-5-12(15)9-16/h1-4,12,16H,5-9,15H2/t12-/m0/s1. The Morgan fingerprint density at radius 2 is 1.94 bits per heavy atom. The minimum Gasteiger partial charge on any atom is -0.395 e. The van der Waals surface area contributed by atoms with Crippen LogP contribution in [0.4, 0.5) is 0 Å². The highest BCUT2D eigenvalue weighted by Crippen LogP contribution is 2.51. The van der Waals surface area contributed by atoms with Crippen molar-refractivity contribution in [2.24, 2.45) is 5.73 Å². The second-order valence-corrected chi connectivity index (χ2v) is 5.20. The Labute approximate surface area is 101 Å². The molecule has 1 atom stereocenters. The van der Waals surface area contributed by atoms with Gasteiger partial charge in [-0.2, -0.15) is 0 Å². The van der Waals surface area contributed by atoms with Gasteiger partial charge in [0, 0.05) is 11.1 Å². The van der Waals surface area contributed by atoms with Gasteiger partial charge in [0.05, 0.1) is 6.61 Å².